The van der Waals surface area contributed by atoms with Crippen LogP contribution in [0.2, 0.25) is 0 Å². The number of hydrogen-bond acceptors (Lipinski definition) is 3. The Balaban J connectivity index is 3.28. The minimum Gasteiger partial charge on any atom is -0.494 e. The molecule has 0 bridgehead atoms. The maximum Gasteiger partial charge on any atom is 0.338 e. The molecule has 15 heavy (non-hydrogen) atoms. The van der Waals surface area contributed by atoms with E-state index in [1.165, 1.54) is 26.4 Å². The summed E-state index contributed by atoms with van der Waals surface area (Å²) in [4.78, 5) is 11.4. The minimum absolute atomic E-state index is 0.0279. The number of methoxy groups -OCH3 is 2. The van der Waals surface area contributed by atoms with E-state index in [9.17, 15) is 9.18 Å². The van der Waals surface area contributed by atoms with Crippen LogP contribution in [0.5, 0.6) is 5.75 Å². The number of esters is 1. The largest absolute Gasteiger partial charge is 0.494 e. The highest BCUT2D eigenvalue weighted by molar-refractivity contribution is 9.08. The van der Waals surface area contributed by atoms with Crippen molar-refractivity contribution in [2.45, 2.75) is 5.33 Å². The molecule has 0 fully saturated rings. The van der Waals surface area contributed by atoms with E-state index in [2.05, 4.69) is 20.7 Å². The van der Waals surface area contributed by atoms with E-state index in [0.29, 0.717) is 16.5 Å². The van der Waals surface area contributed by atoms with Crippen molar-refractivity contribution in [3.63, 3.8) is 0 Å². The Hall–Kier alpha value is -1.10. The van der Waals surface area contributed by atoms with Crippen molar-refractivity contribution in [3.8, 4) is 5.75 Å². The van der Waals surface area contributed by atoms with Gasteiger partial charge in [-0.15, -0.1) is 0 Å². The summed E-state index contributed by atoms with van der Waals surface area (Å²) in [7, 11) is 2.61. The lowest BCUT2D eigenvalue weighted by atomic mass is 10.1. The molecule has 82 valence electrons. The standard InChI is InChI=1S/C10H10BrFO3/c1-14-9-4-7(10(13)15-2)6(5-11)3-8(9)12/h3-4H,5H2,1-2H3. The van der Waals surface area contributed by atoms with Gasteiger partial charge in [-0.3, -0.25) is 0 Å². The summed E-state index contributed by atoms with van der Waals surface area (Å²) in [6, 6.07) is 2.58. The zero-order chi connectivity index (χ0) is 11.4. The van der Waals surface area contributed by atoms with Crippen molar-refractivity contribution in [2.75, 3.05) is 14.2 Å². The first-order chi connectivity index (χ1) is 7.13. The van der Waals surface area contributed by atoms with Crippen LogP contribution in [0.4, 0.5) is 4.39 Å². The quantitative estimate of drug-likeness (QED) is 0.629. The van der Waals surface area contributed by atoms with Crippen molar-refractivity contribution >= 4 is 21.9 Å². The first-order valence-corrected chi connectivity index (χ1v) is 5.26. The minimum atomic E-state index is -0.511. The molecular weight excluding hydrogens is 267 g/mol. The predicted molar refractivity (Wildman–Crippen MR) is 56.9 cm³/mol. The molecule has 0 aliphatic rings. The van der Waals surface area contributed by atoms with Crippen molar-refractivity contribution in [2.24, 2.45) is 0 Å². The molecular formula is C10H10BrFO3. The van der Waals surface area contributed by atoms with E-state index in [-0.39, 0.29) is 5.75 Å². The Morgan fingerprint density at radius 3 is 2.60 bits per heavy atom. The molecule has 0 aliphatic carbocycles. The second-order valence-corrected chi connectivity index (χ2v) is 3.33. The van der Waals surface area contributed by atoms with Crippen LogP contribution in [-0.2, 0) is 10.1 Å². The number of alkyl halides is 1. The first kappa shape index (κ1) is 12.0. The lowest BCUT2D eigenvalue weighted by molar-refractivity contribution is 0.0599. The predicted octanol–water partition coefficient (Wildman–Crippen LogP) is 2.52. The molecule has 0 N–H and O–H groups in total. The fourth-order valence-electron chi connectivity index (χ4n) is 1.16. The van der Waals surface area contributed by atoms with Crippen molar-refractivity contribution in [1.29, 1.82) is 0 Å². The lowest BCUT2D eigenvalue weighted by Crippen LogP contribution is -2.06. The van der Waals surface area contributed by atoms with E-state index in [1.807, 2.05) is 0 Å². The molecule has 0 spiro atoms. The van der Waals surface area contributed by atoms with Gasteiger partial charge in [0.25, 0.3) is 0 Å². The summed E-state index contributed by atoms with van der Waals surface area (Å²) in [6.07, 6.45) is 0. The number of benzene rings is 1. The highest BCUT2D eigenvalue weighted by Crippen LogP contribution is 2.24. The van der Waals surface area contributed by atoms with Gasteiger partial charge in [0.05, 0.1) is 19.8 Å². The van der Waals surface area contributed by atoms with Crippen molar-refractivity contribution in [1.82, 2.24) is 0 Å². The van der Waals surface area contributed by atoms with Crippen LogP contribution in [0.15, 0.2) is 12.1 Å². The number of rotatable bonds is 3. The molecule has 0 radical (unpaired) electrons. The van der Waals surface area contributed by atoms with E-state index in [0.717, 1.165) is 0 Å². The van der Waals surface area contributed by atoms with Gasteiger partial charge in [0.2, 0.25) is 0 Å². The zero-order valence-corrected chi connectivity index (χ0v) is 9.93. The SMILES string of the molecule is COC(=O)c1cc(OC)c(F)cc1CBr. The number of halogens is 2. The normalized spacial score (nSPS) is 9.87. The Morgan fingerprint density at radius 1 is 1.47 bits per heavy atom. The third-order valence-corrected chi connectivity index (χ3v) is 2.53. The highest BCUT2D eigenvalue weighted by Gasteiger charge is 2.15. The fraction of sp³-hybridized carbons (Fsp3) is 0.300. The Morgan fingerprint density at radius 2 is 2.13 bits per heavy atom. The Bertz CT molecular complexity index is 379. The molecule has 1 aromatic rings. The van der Waals surface area contributed by atoms with Crippen LogP contribution in [0.25, 0.3) is 0 Å². The zero-order valence-electron chi connectivity index (χ0n) is 8.34. The molecule has 0 saturated heterocycles. The Labute approximate surface area is 95.3 Å². The number of carbonyl (C=O) groups is 1. The van der Waals surface area contributed by atoms with Crippen LogP contribution in [-0.4, -0.2) is 20.2 Å². The number of hydrogen-bond donors (Lipinski definition) is 0. The van der Waals surface area contributed by atoms with Gasteiger partial charge in [0, 0.05) is 5.33 Å². The van der Waals surface area contributed by atoms with Crippen LogP contribution in [0.1, 0.15) is 15.9 Å². The van der Waals surface area contributed by atoms with E-state index in [4.69, 9.17) is 4.74 Å². The topological polar surface area (TPSA) is 35.5 Å². The van der Waals surface area contributed by atoms with Crippen molar-refractivity contribution < 1.29 is 18.7 Å². The van der Waals surface area contributed by atoms with Gasteiger partial charge in [-0.05, 0) is 17.7 Å². The summed E-state index contributed by atoms with van der Waals surface area (Å²) in [5.74, 6) is -0.984. The fourth-order valence-corrected chi connectivity index (χ4v) is 1.63. The second-order valence-electron chi connectivity index (χ2n) is 2.77. The number of carbonyl (C=O) groups excluding carboxylic acids is 1. The summed E-state index contributed by atoms with van der Waals surface area (Å²) in [5, 5.41) is 0.373. The van der Waals surface area contributed by atoms with Gasteiger partial charge in [-0.2, -0.15) is 0 Å². The monoisotopic (exact) mass is 276 g/mol. The molecule has 0 heterocycles. The van der Waals surface area contributed by atoms with Crippen LogP contribution in [0, 0.1) is 5.82 Å². The van der Waals surface area contributed by atoms with E-state index >= 15 is 0 Å². The molecule has 1 aromatic carbocycles. The van der Waals surface area contributed by atoms with Crippen LogP contribution < -0.4 is 4.74 Å². The highest BCUT2D eigenvalue weighted by atomic mass is 79.9. The molecule has 0 amide bonds. The van der Waals surface area contributed by atoms with Crippen molar-refractivity contribution in [3.05, 3.63) is 29.1 Å². The summed E-state index contributed by atoms with van der Waals surface area (Å²) >= 11 is 3.17. The smallest absolute Gasteiger partial charge is 0.338 e. The van der Waals surface area contributed by atoms with Gasteiger partial charge in [-0.25, -0.2) is 9.18 Å². The van der Waals surface area contributed by atoms with Gasteiger partial charge in [-0.1, -0.05) is 15.9 Å². The number of ether oxygens (including phenoxy) is 2. The van der Waals surface area contributed by atoms with Crippen LogP contribution in [0.3, 0.4) is 0 Å². The molecule has 0 aromatic heterocycles. The lowest BCUT2D eigenvalue weighted by Gasteiger charge is -2.08. The van der Waals surface area contributed by atoms with Gasteiger partial charge in [0.1, 0.15) is 0 Å². The molecule has 0 aliphatic heterocycles. The van der Waals surface area contributed by atoms with Crippen LogP contribution >= 0.6 is 15.9 Å². The molecule has 0 saturated carbocycles. The maximum atomic E-state index is 13.3. The first-order valence-electron chi connectivity index (χ1n) is 4.14. The van der Waals surface area contributed by atoms with Gasteiger partial charge in [0.15, 0.2) is 11.6 Å². The van der Waals surface area contributed by atoms with E-state index < -0.39 is 11.8 Å². The molecule has 1 rings (SSSR count). The molecule has 0 atom stereocenters. The average molecular weight is 277 g/mol. The Kier molecular flexibility index (Phi) is 4.08. The summed E-state index contributed by atoms with van der Waals surface area (Å²) in [5.41, 5.74) is 0.827. The molecule has 0 unspecified atom stereocenters. The van der Waals surface area contributed by atoms with E-state index in [1.54, 1.807) is 0 Å². The maximum absolute atomic E-state index is 13.3. The third-order valence-electron chi connectivity index (χ3n) is 1.93. The van der Waals surface area contributed by atoms with Gasteiger partial charge >= 0.3 is 5.97 Å². The molecule has 3 nitrogen and oxygen atoms in total. The van der Waals surface area contributed by atoms with Gasteiger partial charge < -0.3 is 9.47 Å². The summed E-state index contributed by atoms with van der Waals surface area (Å²) < 4.78 is 22.6. The summed E-state index contributed by atoms with van der Waals surface area (Å²) in [6.45, 7) is 0. The third kappa shape index (κ3) is 2.47. The molecule has 5 heteroatoms. The average Bonchev–Trinajstić information content (AvgIpc) is 2.27. The second kappa shape index (κ2) is 5.11.